The number of hydrogen-bond acceptors (Lipinski definition) is 2. The van der Waals surface area contributed by atoms with E-state index < -0.39 is 5.97 Å². The van der Waals surface area contributed by atoms with Crippen molar-refractivity contribution in [2.24, 2.45) is 7.05 Å². The maximum absolute atomic E-state index is 11.1. The van der Waals surface area contributed by atoms with Gasteiger partial charge >= 0.3 is 5.97 Å². The fourth-order valence-corrected chi connectivity index (χ4v) is 2.24. The van der Waals surface area contributed by atoms with Crippen LogP contribution in [-0.2, 0) is 26.6 Å². The summed E-state index contributed by atoms with van der Waals surface area (Å²) in [7, 11) is 1.94. The molecule has 4 nitrogen and oxygen atoms in total. The summed E-state index contributed by atoms with van der Waals surface area (Å²) in [6, 6.07) is 0. The SMILES string of the molecule is CCc1c(C(=O)O)c2c(n1C)CNC2. The minimum atomic E-state index is -0.803. The Bertz CT molecular complexity index is 390. The summed E-state index contributed by atoms with van der Waals surface area (Å²) < 4.78 is 2.01. The zero-order valence-electron chi connectivity index (χ0n) is 8.42. The zero-order valence-corrected chi connectivity index (χ0v) is 8.42. The van der Waals surface area contributed by atoms with E-state index in [9.17, 15) is 4.79 Å². The Morgan fingerprint density at radius 1 is 1.57 bits per heavy atom. The van der Waals surface area contributed by atoms with Gasteiger partial charge in [0.1, 0.15) is 0 Å². The van der Waals surface area contributed by atoms with Crippen LogP contribution in [0.4, 0.5) is 0 Å². The fourth-order valence-electron chi connectivity index (χ4n) is 2.24. The molecule has 1 aromatic rings. The summed E-state index contributed by atoms with van der Waals surface area (Å²) in [5.74, 6) is -0.803. The molecule has 2 rings (SSSR count). The van der Waals surface area contributed by atoms with Crippen LogP contribution in [0.15, 0.2) is 0 Å². The second kappa shape index (κ2) is 3.13. The number of carboxylic acid groups (broad SMARTS) is 1. The highest BCUT2D eigenvalue weighted by Gasteiger charge is 2.26. The van der Waals surface area contributed by atoms with Crippen molar-refractivity contribution in [1.29, 1.82) is 0 Å². The van der Waals surface area contributed by atoms with Crippen molar-refractivity contribution in [3.63, 3.8) is 0 Å². The molecular formula is C10H14N2O2. The lowest BCUT2D eigenvalue weighted by Crippen LogP contribution is -2.11. The van der Waals surface area contributed by atoms with Crippen LogP contribution < -0.4 is 5.32 Å². The van der Waals surface area contributed by atoms with Crippen molar-refractivity contribution in [1.82, 2.24) is 9.88 Å². The third-order valence-electron chi connectivity index (χ3n) is 2.89. The lowest BCUT2D eigenvalue weighted by Gasteiger charge is -2.05. The lowest BCUT2D eigenvalue weighted by molar-refractivity contribution is 0.0694. The van der Waals surface area contributed by atoms with Gasteiger partial charge in [-0.25, -0.2) is 4.79 Å². The topological polar surface area (TPSA) is 54.3 Å². The standard InChI is InChI=1S/C10H14N2O2/c1-3-7-9(10(13)14)6-4-11-5-8(6)12(7)2/h11H,3-5H2,1-2H3,(H,13,14). The minimum Gasteiger partial charge on any atom is -0.478 e. The van der Waals surface area contributed by atoms with E-state index in [1.54, 1.807) is 0 Å². The van der Waals surface area contributed by atoms with E-state index in [2.05, 4.69) is 5.32 Å². The van der Waals surface area contributed by atoms with Crippen LogP contribution in [0, 0.1) is 0 Å². The molecule has 1 aliphatic heterocycles. The van der Waals surface area contributed by atoms with Gasteiger partial charge in [-0.05, 0) is 6.42 Å². The maximum Gasteiger partial charge on any atom is 0.337 e. The number of fused-ring (bicyclic) bond motifs is 1. The van der Waals surface area contributed by atoms with Gasteiger partial charge in [-0.15, -0.1) is 0 Å². The first-order valence-corrected chi connectivity index (χ1v) is 4.80. The predicted molar refractivity (Wildman–Crippen MR) is 52.3 cm³/mol. The molecule has 2 heterocycles. The molecule has 0 fully saturated rings. The predicted octanol–water partition coefficient (Wildman–Crippen LogP) is 0.889. The van der Waals surface area contributed by atoms with Crippen LogP contribution >= 0.6 is 0 Å². The Hall–Kier alpha value is -1.29. The Morgan fingerprint density at radius 2 is 2.29 bits per heavy atom. The van der Waals surface area contributed by atoms with Crippen molar-refractivity contribution in [2.45, 2.75) is 26.4 Å². The molecule has 0 bridgehead atoms. The highest BCUT2D eigenvalue weighted by atomic mass is 16.4. The third kappa shape index (κ3) is 1.07. The quantitative estimate of drug-likeness (QED) is 0.735. The van der Waals surface area contributed by atoms with Gasteiger partial charge in [0, 0.05) is 37.1 Å². The smallest absolute Gasteiger partial charge is 0.337 e. The molecule has 4 heteroatoms. The summed E-state index contributed by atoms with van der Waals surface area (Å²) in [6.07, 6.45) is 0.769. The van der Waals surface area contributed by atoms with E-state index in [1.165, 1.54) is 0 Å². The van der Waals surface area contributed by atoms with Crippen LogP contribution in [0.1, 0.15) is 34.2 Å². The van der Waals surface area contributed by atoms with E-state index in [-0.39, 0.29) is 0 Å². The molecule has 0 amide bonds. The number of hydrogen-bond donors (Lipinski definition) is 2. The van der Waals surface area contributed by atoms with Crippen LogP contribution in [0.25, 0.3) is 0 Å². The van der Waals surface area contributed by atoms with Crippen molar-refractivity contribution in [2.75, 3.05) is 0 Å². The molecule has 0 aliphatic carbocycles. The Morgan fingerprint density at radius 3 is 2.86 bits per heavy atom. The average Bonchev–Trinajstić information content (AvgIpc) is 2.67. The average molecular weight is 194 g/mol. The van der Waals surface area contributed by atoms with E-state index in [4.69, 9.17) is 5.11 Å². The Kier molecular flexibility index (Phi) is 2.07. The lowest BCUT2D eigenvalue weighted by atomic mass is 10.1. The molecule has 0 aromatic carbocycles. The Labute approximate surface area is 82.5 Å². The van der Waals surface area contributed by atoms with Gasteiger partial charge in [-0.3, -0.25) is 0 Å². The summed E-state index contributed by atoms with van der Waals surface area (Å²) >= 11 is 0. The van der Waals surface area contributed by atoms with Crippen LogP contribution in [0.2, 0.25) is 0 Å². The minimum absolute atomic E-state index is 0.509. The molecule has 14 heavy (non-hydrogen) atoms. The summed E-state index contributed by atoms with van der Waals surface area (Å²) in [5, 5.41) is 12.3. The first-order valence-electron chi connectivity index (χ1n) is 4.80. The molecule has 2 N–H and O–H groups in total. The van der Waals surface area contributed by atoms with E-state index in [0.717, 1.165) is 29.9 Å². The Balaban J connectivity index is 2.66. The van der Waals surface area contributed by atoms with Crippen molar-refractivity contribution < 1.29 is 9.90 Å². The van der Waals surface area contributed by atoms with Gasteiger partial charge in [0.25, 0.3) is 0 Å². The highest BCUT2D eigenvalue weighted by Crippen LogP contribution is 2.26. The second-order valence-corrected chi connectivity index (χ2v) is 3.57. The first kappa shape index (κ1) is 9.27. The molecular weight excluding hydrogens is 180 g/mol. The summed E-state index contributed by atoms with van der Waals surface area (Å²) in [4.78, 5) is 11.1. The van der Waals surface area contributed by atoms with Crippen molar-refractivity contribution >= 4 is 5.97 Å². The number of nitrogens with zero attached hydrogens (tertiary/aromatic N) is 1. The van der Waals surface area contributed by atoms with Crippen LogP contribution in [0.5, 0.6) is 0 Å². The van der Waals surface area contributed by atoms with Gasteiger partial charge in [0.05, 0.1) is 5.56 Å². The molecule has 0 radical (unpaired) electrons. The van der Waals surface area contributed by atoms with E-state index >= 15 is 0 Å². The number of carbonyl (C=O) groups is 1. The van der Waals surface area contributed by atoms with Gasteiger partial charge in [-0.2, -0.15) is 0 Å². The van der Waals surface area contributed by atoms with Gasteiger partial charge in [0.15, 0.2) is 0 Å². The number of rotatable bonds is 2. The van der Waals surface area contributed by atoms with Crippen molar-refractivity contribution in [3.8, 4) is 0 Å². The zero-order chi connectivity index (χ0) is 10.3. The number of aromatic nitrogens is 1. The highest BCUT2D eigenvalue weighted by molar-refractivity contribution is 5.91. The molecule has 76 valence electrons. The number of nitrogens with one attached hydrogen (secondary N) is 1. The van der Waals surface area contributed by atoms with Gasteiger partial charge < -0.3 is 15.0 Å². The van der Waals surface area contributed by atoms with Gasteiger partial charge in [0.2, 0.25) is 0 Å². The normalized spacial score (nSPS) is 14.4. The van der Waals surface area contributed by atoms with E-state index in [1.807, 2.05) is 18.5 Å². The number of carboxylic acids is 1. The second-order valence-electron chi connectivity index (χ2n) is 3.57. The summed E-state index contributed by atoms with van der Waals surface area (Å²) in [5.41, 5.74) is 3.54. The van der Waals surface area contributed by atoms with Gasteiger partial charge in [-0.1, -0.05) is 6.92 Å². The van der Waals surface area contributed by atoms with Crippen LogP contribution in [-0.4, -0.2) is 15.6 Å². The molecule has 0 atom stereocenters. The maximum atomic E-state index is 11.1. The molecule has 1 aromatic heterocycles. The van der Waals surface area contributed by atoms with Crippen molar-refractivity contribution in [3.05, 3.63) is 22.5 Å². The third-order valence-corrected chi connectivity index (χ3v) is 2.89. The van der Waals surface area contributed by atoms with Crippen LogP contribution in [0.3, 0.4) is 0 Å². The monoisotopic (exact) mass is 194 g/mol. The molecule has 0 unspecified atom stereocenters. The fraction of sp³-hybridized carbons (Fsp3) is 0.500. The molecule has 1 aliphatic rings. The largest absolute Gasteiger partial charge is 0.478 e. The molecule has 0 saturated carbocycles. The first-order chi connectivity index (χ1) is 6.66. The molecule has 0 saturated heterocycles. The van der Waals surface area contributed by atoms with E-state index in [0.29, 0.717) is 12.1 Å². The molecule has 0 spiro atoms. The summed E-state index contributed by atoms with van der Waals surface area (Å²) in [6.45, 7) is 3.46. The number of aromatic carboxylic acids is 1.